The fourth-order valence-electron chi connectivity index (χ4n) is 3.10. The van der Waals surface area contributed by atoms with Crippen molar-refractivity contribution in [3.63, 3.8) is 0 Å². The van der Waals surface area contributed by atoms with Crippen molar-refractivity contribution in [2.75, 3.05) is 17.7 Å². The van der Waals surface area contributed by atoms with E-state index in [0.29, 0.717) is 28.3 Å². The molecule has 2 aromatic carbocycles. The van der Waals surface area contributed by atoms with E-state index in [4.69, 9.17) is 4.74 Å². The highest BCUT2D eigenvalue weighted by molar-refractivity contribution is 6.08. The highest BCUT2D eigenvalue weighted by Crippen LogP contribution is 2.25. The van der Waals surface area contributed by atoms with Gasteiger partial charge in [0.15, 0.2) is 0 Å². The van der Waals surface area contributed by atoms with Crippen molar-refractivity contribution in [2.24, 2.45) is 0 Å². The van der Waals surface area contributed by atoms with Crippen LogP contribution in [0.2, 0.25) is 0 Å². The number of benzene rings is 2. The van der Waals surface area contributed by atoms with Crippen LogP contribution < -0.4 is 15.4 Å². The van der Waals surface area contributed by atoms with E-state index in [9.17, 15) is 14.9 Å². The van der Waals surface area contributed by atoms with Gasteiger partial charge in [0.1, 0.15) is 11.4 Å². The zero-order valence-corrected chi connectivity index (χ0v) is 18.4. The number of carbonyl (C=O) groups is 2. The Balaban J connectivity index is 1.82. The van der Waals surface area contributed by atoms with Crippen molar-refractivity contribution in [1.29, 1.82) is 5.26 Å². The number of nitrogens with one attached hydrogen (secondary N) is 2. The van der Waals surface area contributed by atoms with Crippen LogP contribution in [0, 0.1) is 18.3 Å². The molecule has 1 aromatic heterocycles. The van der Waals surface area contributed by atoms with Gasteiger partial charge in [0, 0.05) is 29.1 Å². The first-order chi connectivity index (χ1) is 15.2. The Morgan fingerprint density at radius 3 is 2.56 bits per heavy atom. The number of ether oxygens (including phenoxy) is 1. The Morgan fingerprint density at radius 2 is 1.84 bits per heavy atom. The summed E-state index contributed by atoms with van der Waals surface area (Å²) in [4.78, 5) is 29.7. The maximum absolute atomic E-state index is 12.9. The van der Waals surface area contributed by atoms with Gasteiger partial charge in [0.05, 0.1) is 24.8 Å². The molecule has 0 unspecified atom stereocenters. The molecule has 0 spiro atoms. The molecular formula is C25H24N4O3. The highest BCUT2D eigenvalue weighted by atomic mass is 16.5. The molecule has 2 N–H and O–H groups in total. The largest absolute Gasteiger partial charge is 0.494 e. The molecule has 162 valence electrons. The summed E-state index contributed by atoms with van der Waals surface area (Å²) < 4.78 is 5.25. The summed E-state index contributed by atoms with van der Waals surface area (Å²) >= 11 is 0. The van der Waals surface area contributed by atoms with Crippen LogP contribution in [0.1, 0.15) is 45.7 Å². The molecule has 3 rings (SSSR count). The molecule has 0 atom stereocenters. The number of methoxy groups -OCH3 is 1. The lowest BCUT2D eigenvalue weighted by molar-refractivity contribution is 0.101. The molecule has 0 aliphatic rings. The predicted molar refractivity (Wildman–Crippen MR) is 123 cm³/mol. The minimum atomic E-state index is -0.710. The van der Waals surface area contributed by atoms with Crippen LogP contribution in [-0.2, 0) is 5.41 Å². The third-order valence-electron chi connectivity index (χ3n) is 5.12. The van der Waals surface area contributed by atoms with Gasteiger partial charge >= 0.3 is 0 Å². The number of aryl methyl sites for hydroxylation is 1. The second-order valence-electron chi connectivity index (χ2n) is 7.83. The van der Waals surface area contributed by atoms with Crippen LogP contribution in [0.3, 0.4) is 0 Å². The standard InChI is InChI=1S/C25H24N4O3/c1-16-8-9-19(13-20(16)24(31)29-21-14-27-11-10-22(21)32-4)28-23(30)17-6-5-7-18(12-17)25(2,3)15-26/h5-14H,1-4H3,(H,28,30)(H,29,31). The maximum atomic E-state index is 12.9. The first kappa shape index (κ1) is 22.5. The van der Waals surface area contributed by atoms with Crippen molar-refractivity contribution >= 4 is 23.2 Å². The van der Waals surface area contributed by atoms with Gasteiger partial charge in [-0.05, 0) is 56.2 Å². The summed E-state index contributed by atoms with van der Waals surface area (Å²) in [7, 11) is 1.51. The molecule has 0 aliphatic heterocycles. The van der Waals surface area contributed by atoms with Gasteiger partial charge in [-0.25, -0.2) is 0 Å². The number of anilines is 2. The van der Waals surface area contributed by atoms with Crippen LogP contribution in [0.15, 0.2) is 60.9 Å². The average Bonchev–Trinajstić information content (AvgIpc) is 2.80. The molecule has 1 heterocycles. The topological polar surface area (TPSA) is 104 Å². The van der Waals surface area contributed by atoms with E-state index in [2.05, 4.69) is 21.7 Å². The Hall–Kier alpha value is -4.18. The summed E-state index contributed by atoms with van der Waals surface area (Å²) in [6.45, 7) is 5.41. The maximum Gasteiger partial charge on any atom is 0.256 e. The Bertz CT molecular complexity index is 1210. The molecule has 0 bridgehead atoms. The van der Waals surface area contributed by atoms with Crippen LogP contribution in [0.25, 0.3) is 0 Å². The number of amides is 2. The molecular weight excluding hydrogens is 404 g/mol. The highest BCUT2D eigenvalue weighted by Gasteiger charge is 2.21. The lowest BCUT2D eigenvalue weighted by Crippen LogP contribution is -2.18. The molecule has 0 aliphatic carbocycles. The van der Waals surface area contributed by atoms with Crippen LogP contribution in [0.4, 0.5) is 11.4 Å². The summed E-state index contributed by atoms with van der Waals surface area (Å²) in [6, 6.07) is 16.0. The number of rotatable bonds is 6. The van der Waals surface area contributed by atoms with Crippen molar-refractivity contribution in [1.82, 2.24) is 4.98 Å². The lowest BCUT2D eigenvalue weighted by Gasteiger charge is -2.17. The zero-order valence-electron chi connectivity index (χ0n) is 18.4. The number of carbonyl (C=O) groups excluding carboxylic acids is 2. The van der Waals surface area contributed by atoms with Crippen molar-refractivity contribution in [2.45, 2.75) is 26.2 Å². The lowest BCUT2D eigenvalue weighted by atomic mass is 9.85. The first-order valence-electron chi connectivity index (χ1n) is 9.98. The molecule has 0 fully saturated rings. The second-order valence-corrected chi connectivity index (χ2v) is 7.83. The Kier molecular flexibility index (Phi) is 6.55. The van der Waals surface area contributed by atoms with Gasteiger partial charge in [0.2, 0.25) is 0 Å². The van der Waals surface area contributed by atoms with E-state index in [1.807, 2.05) is 13.0 Å². The van der Waals surface area contributed by atoms with E-state index < -0.39 is 5.41 Å². The van der Waals surface area contributed by atoms with Gasteiger partial charge in [-0.1, -0.05) is 18.2 Å². The minimum Gasteiger partial charge on any atom is -0.494 e. The van der Waals surface area contributed by atoms with Crippen LogP contribution in [0.5, 0.6) is 5.75 Å². The van der Waals surface area contributed by atoms with Crippen molar-refractivity contribution < 1.29 is 14.3 Å². The van der Waals surface area contributed by atoms with E-state index in [-0.39, 0.29) is 11.8 Å². The summed E-state index contributed by atoms with van der Waals surface area (Å²) in [6.07, 6.45) is 3.08. The zero-order chi connectivity index (χ0) is 23.3. The number of hydrogen-bond donors (Lipinski definition) is 2. The molecule has 0 radical (unpaired) electrons. The normalized spacial score (nSPS) is 10.7. The number of hydrogen-bond acceptors (Lipinski definition) is 5. The fraction of sp³-hybridized carbons (Fsp3) is 0.200. The minimum absolute atomic E-state index is 0.329. The van der Waals surface area contributed by atoms with E-state index in [1.54, 1.807) is 62.5 Å². The van der Waals surface area contributed by atoms with Crippen LogP contribution in [-0.4, -0.2) is 23.9 Å². The number of nitriles is 1. The van der Waals surface area contributed by atoms with E-state index >= 15 is 0 Å². The smallest absolute Gasteiger partial charge is 0.256 e. The van der Waals surface area contributed by atoms with Crippen molar-refractivity contribution in [3.05, 3.63) is 83.2 Å². The molecule has 7 nitrogen and oxygen atoms in total. The third-order valence-corrected chi connectivity index (χ3v) is 5.12. The van der Waals surface area contributed by atoms with Gasteiger partial charge in [0.25, 0.3) is 11.8 Å². The average molecular weight is 428 g/mol. The molecule has 0 saturated heterocycles. The Morgan fingerprint density at radius 1 is 1.06 bits per heavy atom. The van der Waals surface area contributed by atoms with Crippen molar-refractivity contribution in [3.8, 4) is 11.8 Å². The molecule has 7 heteroatoms. The summed E-state index contributed by atoms with van der Waals surface area (Å²) in [5.41, 5.74) is 2.56. The number of aromatic nitrogens is 1. The van der Waals surface area contributed by atoms with Gasteiger partial charge in [-0.15, -0.1) is 0 Å². The fourth-order valence-corrected chi connectivity index (χ4v) is 3.10. The van der Waals surface area contributed by atoms with Gasteiger partial charge < -0.3 is 15.4 Å². The second kappa shape index (κ2) is 9.31. The molecule has 32 heavy (non-hydrogen) atoms. The van der Waals surface area contributed by atoms with Gasteiger partial charge in [-0.2, -0.15) is 5.26 Å². The Labute approximate surface area is 187 Å². The summed E-state index contributed by atoms with van der Waals surface area (Å²) in [5, 5.41) is 15.0. The quantitative estimate of drug-likeness (QED) is 0.592. The number of pyridine rings is 1. The first-order valence-corrected chi connectivity index (χ1v) is 9.98. The third kappa shape index (κ3) is 4.93. The SMILES string of the molecule is COc1ccncc1NC(=O)c1cc(NC(=O)c2cccc(C(C)(C)C#N)c2)ccc1C. The monoisotopic (exact) mass is 428 g/mol. The van der Waals surface area contributed by atoms with Gasteiger partial charge in [-0.3, -0.25) is 14.6 Å². The number of nitrogens with zero attached hydrogens (tertiary/aromatic N) is 2. The molecule has 0 saturated carbocycles. The van der Waals surface area contributed by atoms with E-state index in [0.717, 1.165) is 11.1 Å². The molecule has 3 aromatic rings. The summed E-state index contributed by atoms with van der Waals surface area (Å²) in [5.74, 6) is -0.178. The molecule has 2 amide bonds. The van der Waals surface area contributed by atoms with Crippen LogP contribution >= 0.6 is 0 Å². The van der Waals surface area contributed by atoms with E-state index in [1.165, 1.54) is 13.3 Å². The predicted octanol–water partition coefficient (Wildman–Crippen LogP) is 4.70.